The smallest absolute Gasteiger partial charge is 0.329 e. The number of carbonyl (C=O) groups is 1. The molecule has 2 aromatic carbocycles. The van der Waals surface area contributed by atoms with Crippen molar-refractivity contribution in [2.24, 2.45) is 0 Å². The summed E-state index contributed by atoms with van der Waals surface area (Å²) >= 11 is 0. The third-order valence-corrected chi connectivity index (χ3v) is 5.07. The average molecular weight is 382 g/mol. The maximum atomic E-state index is 12.9. The van der Waals surface area contributed by atoms with Gasteiger partial charge in [-0.05, 0) is 31.5 Å². The van der Waals surface area contributed by atoms with Crippen LogP contribution < -0.4 is 5.69 Å². The van der Waals surface area contributed by atoms with E-state index < -0.39 is 4.92 Å². The molecule has 1 aromatic heterocycles. The highest BCUT2D eigenvalue weighted by atomic mass is 16.6. The number of aromatic nitrogens is 2. The standard InChI is InChI=1S/C20H22N4O4/c1-4-22-17-10-5-6-11-18(17)23(20(22)26)13-19(25)21(3)14(2)15-8-7-9-16(12-15)24(27)28/h5-12,14H,4,13H2,1-3H3/t14-/m1/s1. The fraction of sp³-hybridized carbons (Fsp3) is 0.300. The first-order chi connectivity index (χ1) is 13.3. The molecule has 0 bridgehead atoms. The number of fused-ring (bicyclic) bond motifs is 1. The van der Waals surface area contributed by atoms with Crippen molar-refractivity contribution in [3.05, 3.63) is 74.7 Å². The molecule has 1 atom stereocenters. The Balaban J connectivity index is 1.88. The molecule has 1 heterocycles. The van der Waals surface area contributed by atoms with Crippen LogP contribution in [0.5, 0.6) is 0 Å². The van der Waals surface area contributed by atoms with Crippen molar-refractivity contribution in [2.75, 3.05) is 7.05 Å². The van der Waals surface area contributed by atoms with Crippen LogP contribution >= 0.6 is 0 Å². The molecule has 0 aliphatic carbocycles. The number of para-hydroxylation sites is 2. The molecule has 28 heavy (non-hydrogen) atoms. The molecular formula is C20H22N4O4. The molecule has 0 N–H and O–H groups in total. The Hall–Kier alpha value is -3.42. The summed E-state index contributed by atoms with van der Waals surface area (Å²) in [6.07, 6.45) is 0. The maximum absolute atomic E-state index is 12.9. The second-order valence-corrected chi connectivity index (χ2v) is 6.63. The van der Waals surface area contributed by atoms with E-state index in [1.165, 1.54) is 21.6 Å². The molecule has 1 amide bonds. The van der Waals surface area contributed by atoms with E-state index in [2.05, 4.69) is 0 Å². The Morgan fingerprint density at radius 2 is 1.79 bits per heavy atom. The van der Waals surface area contributed by atoms with Gasteiger partial charge in [-0.3, -0.25) is 24.0 Å². The highest BCUT2D eigenvalue weighted by Crippen LogP contribution is 2.23. The lowest BCUT2D eigenvalue weighted by atomic mass is 10.1. The number of rotatable bonds is 6. The summed E-state index contributed by atoms with van der Waals surface area (Å²) in [5.74, 6) is -0.250. The number of benzene rings is 2. The van der Waals surface area contributed by atoms with Crippen molar-refractivity contribution < 1.29 is 9.72 Å². The molecule has 0 saturated carbocycles. The SMILES string of the molecule is CCn1c(=O)n(CC(=O)N(C)[C@H](C)c2cccc([N+](=O)[O-])c2)c2ccccc21. The zero-order valence-corrected chi connectivity index (χ0v) is 16.0. The van der Waals surface area contributed by atoms with Crippen LogP contribution in [0.2, 0.25) is 0 Å². The third kappa shape index (κ3) is 3.40. The van der Waals surface area contributed by atoms with E-state index in [1.54, 1.807) is 30.7 Å². The molecule has 8 heteroatoms. The Labute approximate surface area is 161 Å². The highest BCUT2D eigenvalue weighted by molar-refractivity contribution is 5.81. The quantitative estimate of drug-likeness (QED) is 0.484. The van der Waals surface area contributed by atoms with Gasteiger partial charge in [-0.25, -0.2) is 4.79 Å². The average Bonchev–Trinajstić information content (AvgIpc) is 2.97. The van der Waals surface area contributed by atoms with E-state index >= 15 is 0 Å². The van der Waals surface area contributed by atoms with Crippen LogP contribution in [0.25, 0.3) is 11.0 Å². The van der Waals surface area contributed by atoms with Crippen molar-refractivity contribution >= 4 is 22.6 Å². The van der Waals surface area contributed by atoms with Crippen LogP contribution in [-0.4, -0.2) is 31.9 Å². The van der Waals surface area contributed by atoms with Gasteiger partial charge in [0, 0.05) is 25.7 Å². The first kappa shape index (κ1) is 19.3. The van der Waals surface area contributed by atoms with Crippen LogP contribution in [0.4, 0.5) is 5.69 Å². The Bertz CT molecular complexity index is 1100. The lowest BCUT2D eigenvalue weighted by Crippen LogP contribution is -2.35. The van der Waals surface area contributed by atoms with Gasteiger partial charge in [0.25, 0.3) is 5.69 Å². The minimum atomic E-state index is -0.461. The van der Waals surface area contributed by atoms with Gasteiger partial charge in [0.2, 0.25) is 5.91 Å². The molecule has 3 rings (SSSR count). The van der Waals surface area contributed by atoms with Gasteiger partial charge in [0.05, 0.1) is 22.0 Å². The van der Waals surface area contributed by atoms with Crippen molar-refractivity contribution in [3.8, 4) is 0 Å². The van der Waals surface area contributed by atoms with Crippen LogP contribution in [0.3, 0.4) is 0 Å². The first-order valence-corrected chi connectivity index (χ1v) is 9.03. The van der Waals surface area contributed by atoms with E-state index in [9.17, 15) is 19.7 Å². The maximum Gasteiger partial charge on any atom is 0.329 e. The van der Waals surface area contributed by atoms with Gasteiger partial charge in [-0.2, -0.15) is 0 Å². The van der Waals surface area contributed by atoms with Gasteiger partial charge < -0.3 is 4.90 Å². The van der Waals surface area contributed by atoms with E-state index in [1.807, 2.05) is 31.2 Å². The number of carbonyl (C=O) groups excluding carboxylic acids is 1. The molecule has 0 spiro atoms. The van der Waals surface area contributed by atoms with Crippen LogP contribution in [0.1, 0.15) is 25.5 Å². The van der Waals surface area contributed by atoms with Crippen molar-refractivity contribution in [1.29, 1.82) is 0 Å². The molecular weight excluding hydrogens is 360 g/mol. The monoisotopic (exact) mass is 382 g/mol. The number of hydrogen-bond acceptors (Lipinski definition) is 4. The van der Waals surface area contributed by atoms with Gasteiger partial charge >= 0.3 is 5.69 Å². The molecule has 0 unspecified atom stereocenters. The van der Waals surface area contributed by atoms with Crippen molar-refractivity contribution in [3.63, 3.8) is 0 Å². The van der Waals surface area contributed by atoms with Gasteiger partial charge in [-0.15, -0.1) is 0 Å². The number of non-ortho nitro benzene ring substituents is 1. The number of nitro benzene ring substituents is 1. The summed E-state index contributed by atoms with van der Waals surface area (Å²) < 4.78 is 3.10. The number of amides is 1. The summed E-state index contributed by atoms with van der Waals surface area (Å²) in [6.45, 7) is 4.11. The molecule has 0 aliphatic heterocycles. The van der Waals surface area contributed by atoms with Gasteiger partial charge in [0.1, 0.15) is 6.54 Å². The first-order valence-electron chi connectivity index (χ1n) is 9.03. The number of aryl methyl sites for hydroxylation is 1. The van der Waals surface area contributed by atoms with E-state index in [-0.39, 0.29) is 29.9 Å². The molecule has 3 aromatic rings. The van der Waals surface area contributed by atoms with E-state index in [4.69, 9.17) is 0 Å². The second kappa shape index (κ2) is 7.67. The summed E-state index contributed by atoms with van der Waals surface area (Å²) in [4.78, 5) is 37.6. The third-order valence-electron chi connectivity index (χ3n) is 5.07. The molecule has 8 nitrogen and oxygen atoms in total. The van der Waals surface area contributed by atoms with Crippen molar-refractivity contribution in [2.45, 2.75) is 33.0 Å². The summed E-state index contributed by atoms with van der Waals surface area (Å²) in [5, 5.41) is 11.0. The normalized spacial score (nSPS) is 12.1. The van der Waals surface area contributed by atoms with Gasteiger partial charge in [0.15, 0.2) is 0 Å². The van der Waals surface area contributed by atoms with E-state index in [0.717, 1.165) is 5.52 Å². The minimum absolute atomic E-state index is 0.0209. The van der Waals surface area contributed by atoms with Crippen LogP contribution in [-0.2, 0) is 17.9 Å². The summed E-state index contributed by atoms with van der Waals surface area (Å²) in [5.41, 5.74) is 1.91. The van der Waals surface area contributed by atoms with Gasteiger partial charge in [-0.1, -0.05) is 24.3 Å². The predicted octanol–water partition coefficient (Wildman–Crippen LogP) is 2.95. The minimum Gasteiger partial charge on any atom is -0.337 e. The Morgan fingerprint density at radius 3 is 2.39 bits per heavy atom. The molecule has 0 fully saturated rings. The van der Waals surface area contributed by atoms with Crippen LogP contribution in [0.15, 0.2) is 53.3 Å². The number of nitrogens with zero attached hydrogens (tertiary/aromatic N) is 4. The molecule has 146 valence electrons. The molecule has 0 saturated heterocycles. The fourth-order valence-corrected chi connectivity index (χ4v) is 3.32. The summed E-state index contributed by atoms with van der Waals surface area (Å²) in [6, 6.07) is 13.2. The number of hydrogen-bond donors (Lipinski definition) is 0. The second-order valence-electron chi connectivity index (χ2n) is 6.63. The largest absolute Gasteiger partial charge is 0.337 e. The molecule has 0 aliphatic rings. The lowest BCUT2D eigenvalue weighted by molar-refractivity contribution is -0.384. The number of nitro groups is 1. The van der Waals surface area contributed by atoms with Crippen molar-refractivity contribution in [1.82, 2.24) is 14.0 Å². The highest BCUT2D eigenvalue weighted by Gasteiger charge is 2.22. The lowest BCUT2D eigenvalue weighted by Gasteiger charge is -2.25. The zero-order valence-electron chi connectivity index (χ0n) is 16.0. The van der Waals surface area contributed by atoms with Crippen LogP contribution in [0, 0.1) is 10.1 Å². The Morgan fingerprint density at radius 1 is 1.14 bits per heavy atom. The topological polar surface area (TPSA) is 90.4 Å². The molecule has 0 radical (unpaired) electrons. The Kier molecular flexibility index (Phi) is 5.30. The predicted molar refractivity (Wildman–Crippen MR) is 106 cm³/mol. The zero-order chi connectivity index (χ0) is 20.4. The number of imidazole rings is 1. The van der Waals surface area contributed by atoms with E-state index in [0.29, 0.717) is 17.6 Å². The number of likely N-dealkylation sites (N-methyl/N-ethyl adjacent to an activating group) is 1. The fourth-order valence-electron chi connectivity index (χ4n) is 3.32. The summed E-state index contributed by atoms with van der Waals surface area (Å²) in [7, 11) is 1.63.